The minimum Gasteiger partial charge on any atom is -0.298 e. The van der Waals surface area contributed by atoms with Crippen molar-refractivity contribution in [3.05, 3.63) is 108 Å². The number of rotatable bonds is 3. The van der Waals surface area contributed by atoms with Crippen LogP contribution in [0.1, 0.15) is 15.9 Å². The van der Waals surface area contributed by atoms with Gasteiger partial charge < -0.3 is 0 Å². The monoisotopic (exact) mass is 484 g/mol. The van der Waals surface area contributed by atoms with Crippen molar-refractivity contribution >= 4 is 70.7 Å². The van der Waals surface area contributed by atoms with E-state index in [1.807, 2.05) is 29.5 Å². The molecule has 7 rings (SSSR count). The Balaban J connectivity index is 1.43. The fourth-order valence-electron chi connectivity index (χ4n) is 5.11. The van der Waals surface area contributed by atoms with Crippen LogP contribution in [-0.4, -0.2) is 6.29 Å². The molecule has 0 saturated heterocycles. The van der Waals surface area contributed by atoms with E-state index < -0.39 is 0 Å². The van der Waals surface area contributed by atoms with Crippen LogP contribution in [0.3, 0.4) is 0 Å². The van der Waals surface area contributed by atoms with E-state index in [-0.39, 0.29) is 0 Å². The maximum Gasteiger partial charge on any atom is 0.150 e. The Hall–Kier alpha value is -3.79. The number of thiophene rings is 2. The minimum absolute atomic E-state index is 0.709. The van der Waals surface area contributed by atoms with Gasteiger partial charge in [0.15, 0.2) is 0 Å². The summed E-state index contributed by atoms with van der Waals surface area (Å²) in [6, 6.07) is 34.8. The van der Waals surface area contributed by atoms with Crippen LogP contribution in [0.15, 0.2) is 97.1 Å². The van der Waals surface area contributed by atoms with Crippen molar-refractivity contribution in [1.82, 2.24) is 0 Å². The van der Waals surface area contributed by atoms with Gasteiger partial charge in [0, 0.05) is 35.5 Å². The molecule has 0 spiro atoms. The lowest BCUT2D eigenvalue weighted by molar-refractivity contribution is 0.112. The van der Waals surface area contributed by atoms with Gasteiger partial charge in [0.05, 0.1) is 0 Å². The van der Waals surface area contributed by atoms with E-state index in [9.17, 15) is 4.79 Å². The van der Waals surface area contributed by atoms with E-state index >= 15 is 0 Å². The van der Waals surface area contributed by atoms with Gasteiger partial charge in [-0.25, -0.2) is 0 Å². The zero-order valence-electron chi connectivity index (χ0n) is 19.0. The Morgan fingerprint density at radius 1 is 0.543 bits per heavy atom. The molecular weight excluding hydrogens is 464 g/mol. The highest BCUT2D eigenvalue weighted by Gasteiger charge is 2.13. The molecule has 0 unspecified atom stereocenters. The molecule has 0 saturated carbocycles. The average Bonchev–Trinajstić information content (AvgIpc) is 3.53. The summed E-state index contributed by atoms with van der Waals surface area (Å²) >= 11 is 3.64. The Kier molecular flexibility index (Phi) is 4.63. The third-order valence-corrected chi connectivity index (χ3v) is 9.10. The zero-order chi connectivity index (χ0) is 23.5. The third kappa shape index (κ3) is 3.31. The van der Waals surface area contributed by atoms with Crippen LogP contribution in [0.5, 0.6) is 0 Å². The standard InChI is InChI=1S/C32H20OS2/c1-19-4-2-6-21(14-19)31-16-27-25-8-9-26-24(23(25)10-12-29(27)34-31)11-13-30-28(26)17-32(35-30)22-7-3-5-20(15-22)18-33/h2-18H,1H3. The molecule has 0 bridgehead atoms. The van der Waals surface area contributed by atoms with Gasteiger partial charge in [0.25, 0.3) is 0 Å². The third-order valence-electron chi connectivity index (χ3n) is 6.80. The fourth-order valence-corrected chi connectivity index (χ4v) is 7.26. The molecule has 0 radical (unpaired) electrons. The van der Waals surface area contributed by atoms with Gasteiger partial charge in [-0.2, -0.15) is 0 Å². The van der Waals surface area contributed by atoms with Crippen LogP contribution in [0.4, 0.5) is 0 Å². The van der Waals surface area contributed by atoms with Crippen LogP contribution in [-0.2, 0) is 0 Å². The van der Waals surface area contributed by atoms with Crippen molar-refractivity contribution in [1.29, 1.82) is 0 Å². The summed E-state index contributed by atoms with van der Waals surface area (Å²) in [4.78, 5) is 13.8. The van der Waals surface area contributed by atoms with Gasteiger partial charge in [-0.3, -0.25) is 4.79 Å². The lowest BCUT2D eigenvalue weighted by atomic mass is 9.97. The summed E-state index contributed by atoms with van der Waals surface area (Å²) < 4.78 is 2.59. The molecule has 35 heavy (non-hydrogen) atoms. The summed E-state index contributed by atoms with van der Waals surface area (Å²) in [5.41, 5.74) is 4.37. The predicted molar refractivity (Wildman–Crippen MR) is 153 cm³/mol. The number of hydrogen-bond acceptors (Lipinski definition) is 3. The SMILES string of the molecule is Cc1cccc(-c2cc3c(ccc4c3ccc3c5cc(-c6cccc(C=O)c6)sc5ccc34)s2)c1. The Morgan fingerprint density at radius 3 is 1.63 bits per heavy atom. The summed E-state index contributed by atoms with van der Waals surface area (Å²) in [7, 11) is 0. The molecule has 0 fully saturated rings. The number of carbonyl (C=O) groups excluding carboxylic acids is 1. The predicted octanol–water partition coefficient (Wildman–Crippen LogP) is 9.88. The molecule has 0 amide bonds. The maximum absolute atomic E-state index is 11.3. The first kappa shape index (κ1) is 20.6. The first-order valence-corrected chi connectivity index (χ1v) is 13.3. The van der Waals surface area contributed by atoms with E-state index in [0.29, 0.717) is 5.56 Å². The largest absolute Gasteiger partial charge is 0.298 e. The molecular formula is C32H20OS2. The molecule has 3 heteroatoms. The topological polar surface area (TPSA) is 17.1 Å². The van der Waals surface area contributed by atoms with Crippen molar-refractivity contribution in [3.63, 3.8) is 0 Å². The maximum atomic E-state index is 11.3. The van der Waals surface area contributed by atoms with E-state index in [2.05, 4.69) is 85.8 Å². The van der Waals surface area contributed by atoms with E-state index in [1.165, 1.54) is 62.6 Å². The molecule has 166 valence electrons. The average molecular weight is 485 g/mol. The number of aldehydes is 1. The van der Waals surface area contributed by atoms with Crippen LogP contribution in [0.2, 0.25) is 0 Å². The van der Waals surface area contributed by atoms with Crippen LogP contribution in [0.25, 0.3) is 62.6 Å². The molecule has 5 aromatic carbocycles. The van der Waals surface area contributed by atoms with Gasteiger partial charge in [-0.05, 0) is 69.9 Å². The highest BCUT2D eigenvalue weighted by Crippen LogP contribution is 2.42. The molecule has 7 aromatic rings. The summed E-state index contributed by atoms with van der Waals surface area (Å²) in [5.74, 6) is 0. The smallest absolute Gasteiger partial charge is 0.150 e. The first-order valence-electron chi connectivity index (χ1n) is 11.6. The fraction of sp³-hybridized carbons (Fsp3) is 0.0312. The second kappa shape index (κ2) is 7.88. The Morgan fingerprint density at radius 2 is 1.06 bits per heavy atom. The Bertz CT molecular complexity index is 1940. The molecule has 0 N–H and O–H groups in total. The summed E-state index contributed by atoms with van der Waals surface area (Å²) in [5, 5.41) is 7.75. The van der Waals surface area contributed by atoms with Gasteiger partial charge >= 0.3 is 0 Å². The number of carbonyl (C=O) groups is 1. The van der Waals surface area contributed by atoms with Gasteiger partial charge in [-0.15, -0.1) is 22.7 Å². The molecule has 0 atom stereocenters. The van der Waals surface area contributed by atoms with Crippen molar-refractivity contribution in [2.24, 2.45) is 0 Å². The number of fused-ring (bicyclic) bond motifs is 7. The number of hydrogen-bond donors (Lipinski definition) is 0. The van der Waals surface area contributed by atoms with Crippen LogP contribution < -0.4 is 0 Å². The van der Waals surface area contributed by atoms with Crippen molar-refractivity contribution in [2.75, 3.05) is 0 Å². The minimum atomic E-state index is 0.709. The van der Waals surface area contributed by atoms with Crippen molar-refractivity contribution < 1.29 is 4.79 Å². The molecule has 0 aliphatic carbocycles. The normalized spacial score (nSPS) is 11.7. The molecule has 2 heterocycles. The quantitative estimate of drug-likeness (QED) is 0.180. The van der Waals surface area contributed by atoms with Crippen LogP contribution >= 0.6 is 22.7 Å². The van der Waals surface area contributed by atoms with Gasteiger partial charge in [-0.1, -0.05) is 72.3 Å². The second-order valence-electron chi connectivity index (χ2n) is 9.04. The van der Waals surface area contributed by atoms with E-state index in [0.717, 1.165) is 11.8 Å². The summed E-state index contributed by atoms with van der Waals surface area (Å²) in [6.07, 6.45) is 0.911. The molecule has 0 aliphatic heterocycles. The van der Waals surface area contributed by atoms with Gasteiger partial charge in [0.1, 0.15) is 6.29 Å². The molecule has 1 nitrogen and oxygen atoms in total. The van der Waals surface area contributed by atoms with E-state index in [1.54, 1.807) is 11.3 Å². The van der Waals surface area contributed by atoms with Crippen molar-refractivity contribution in [2.45, 2.75) is 6.92 Å². The van der Waals surface area contributed by atoms with Gasteiger partial charge in [0.2, 0.25) is 0 Å². The highest BCUT2D eigenvalue weighted by atomic mass is 32.1. The number of benzene rings is 5. The first-order chi connectivity index (χ1) is 17.2. The van der Waals surface area contributed by atoms with Crippen LogP contribution in [0, 0.1) is 6.92 Å². The number of aryl methyl sites for hydroxylation is 1. The van der Waals surface area contributed by atoms with Crippen molar-refractivity contribution in [3.8, 4) is 20.9 Å². The Labute approximate surface area is 210 Å². The van der Waals surface area contributed by atoms with E-state index in [4.69, 9.17) is 0 Å². The zero-order valence-corrected chi connectivity index (χ0v) is 20.7. The highest BCUT2D eigenvalue weighted by molar-refractivity contribution is 7.22. The molecule has 0 aliphatic rings. The lowest BCUT2D eigenvalue weighted by Crippen LogP contribution is -1.80. The molecule has 2 aromatic heterocycles. The second-order valence-corrected chi connectivity index (χ2v) is 11.2. The lowest BCUT2D eigenvalue weighted by Gasteiger charge is -2.06. The summed E-state index contributed by atoms with van der Waals surface area (Å²) in [6.45, 7) is 2.15.